The van der Waals surface area contributed by atoms with Crippen molar-refractivity contribution in [1.82, 2.24) is 5.32 Å². The van der Waals surface area contributed by atoms with E-state index in [0.717, 1.165) is 24.9 Å². The Balaban J connectivity index is 1.89. The van der Waals surface area contributed by atoms with Crippen LogP contribution in [0.15, 0.2) is 22.8 Å². The molecule has 96 valence electrons. The zero-order valence-electron chi connectivity index (χ0n) is 11.1. The van der Waals surface area contributed by atoms with Crippen LogP contribution in [0.3, 0.4) is 0 Å². The summed E-state index contributed by atoms with van der Waals surface area (Å²) in [4.78, 5) is 0. The standard InChI is InChI=1S/C15H25NO/c1-12(2)10-16-11-13-6-3-4-7-14(13)15-8-5-9-17-15/h5,8-9,12-14,16H,3-4,6-7,10-11H2,1-2H3. The Morgan fingerprint density at radius 1 is 1.35 bits per heavy atom. The fourth-order valence-corrected chi connectivity index (χ4v) is 2.89. The maximum atomic E-state index is 5.60. The molecule has 0 saturated heterocycles. The first-order valence-electron chi connectivity index (χ1n) is 7.01. The lowest BCUT2D eigenvalue weighted by atomic mass is 9.78. The quantitative estimate of drug-likeness (QED) is 0.839. The first-order valence-corrected chi connectivity index (χ1v) is 7.01. The third-order valence-corrected chi connectivity index (χ3v) is 3.78. The Hall–Kier alpha value is -0.760. The molecular weight excluding hydrogens is 210 g/mol. The summed E-state index contributed by atoms with van der Waals surface area (Å²) >= 11 is 0. The summed E-state index contributed by atoms with van der Waals surface area (Å²) in [6.45, 7) is 6.79. The van der Waals surface area contributed by atoms with Gasteiger partial charge in [0.25, 0.3) is 0 Å². The third kappa shape index (κ3) is 3.60. The van der Waals surface area contributed by atoms with Crippen molar-refractivity contribution >= 4 is 0 Å². The normalized spacial score (nSPS) is 25.4. The smallest absolute Gasteiger partial charge is 0.107 e. The lowest BCUT2D eigenvalue weighted by Gasteiger charge is -2.30. The molecule has 0 bridgehead atoms. The van der Waals surface area contributed by atoms with Gasteiger partial charge in [-0.15, -0.1) is 0 Å². The van der Waals surface area contributed by atoms with Gasteiger partial charge in [0.15, 0.2) is 0 Å². The van der Waals surface area contributed by atoms with Crippen LogP contribution < -0.4 is 5.32 Å². The Bertz CT molecular complexity index is 305. The van der Waals surface area contributed by atoms with Gasteiger partial charge < -0.3 is 9.73 Å². The molecule has 2 unspecified atom stereocenters. The number of furan rings is 1. The summed E-state index contributed by atoms with van der Waals surface area (Å²) in [5.41, 5.74) is 0. The lowest BCUT2D eigenvalue weighted by molar-refractivity contribution is 0.262. The van der Waals surface area contributed by atoms with Crippen LogP contribution in [0, 0.1) is 11.8 Å². The van der Waals surface area contributed by atoms with Crippen molar-refractivity contribution < 1.29 is 4.42 Å². The van der Waals surface area contributed by atoms with Crippen molar-refractivity contribution in [1.29, 1.82) is 0 Å². The van der Waals surface area contributed by atoms with Gasteiger partial charge >= 0.3 is 0 Å². The van der Waals surface area contributed by atoms with Crippen molar-refractivity contribution in [2.24, 2.45) is 11.8 Å². The summed E-state index contributed by atoms with van der Waals surface area (Å²) in [7, 11) is 0. The zero-order chi connectivity index (χ0) is 12.1. The molecule has 1 aromatic rings. The summed E-state index contributed by atoms with van der Waals surface area (Å²) < 4.78 is 5.60. The van der Waals surface area contributed by atoms with Gasteiger partial charge in [-0.3, -0.25) is 0 Å². The molecule has 2 heteroatoms. The second kappa shape index (κ2) is 6.25. The van der Waals surface area contributed by atoms with E-state index in [0.29, 0.717) is 5.92 Å². The highest BCUT2D eigenvalue weighted by atomic mass is 16.3. The van der Waals surface area contributed by atoms with E-state index in [1.54, 1.807) is 0 Å². The van der Waals surface area contributed by atoms with Gasteiger partial charge in [0.1, 0.15) is 5.76 Å². The largest absolute Gasteiger partial charge is 0.469 e. The summed E-state index contributed by atoms with van der Waals surface area (Å²) in [6, 6.07) is 4.16. The fourth-order valence-electron chi connectivity index (χ4n) is 2.89. The molecule has 2 rings (SSSR count). The van der Waals surface area contributed by atoms with Crippen LogP contribution in [-0.2, 0) is 0 Å². The van der Waals surface area contributed by atoms with Crippen molar-refractivity contribution in [2.45, 2.75) is 45.4 Å². The molecule has 1 aliphatic carbocycles. The van der Waals surface area contributed by atoms with E-state index in [-0.39, 0.29) is 0 Å². The monoisotopic (exact) mass is 235 g/mol. The van der Waals surface area contributed by atoms with E-state index in [4.69, 9.17) is 4.42 Å². The predicted octanol–water partition coefficient (Wildman–Crippen LogP) is 3.80. The van der Waals surface area contributed by atoms with E-state index in [9.17, 15) is 0 Å². The molecular formula is C15H25NO. The van der Waals surface area contributed by atoms with E-state index in [1.807, 2.05) is 12.3 Å². The van der Waals surface area contributed by atoms with Gasteiger partial charge in [-0.2, -0.15) is 0 Å². The summed E-state index contributed by atoms with van der Waals surface area (Å²) in [5, 5.41) is 3.60. The van der Waals surface area contributed by atoms with Crippen LogP contribution in [0.5, 0.6) is 0 Å². The highest BCUT2D eigenvalue weighted by molar-refractivity contribution is 5.08. The van der Waals surface area contributed by atoms with Crippen LogP contribution in [0.1, 0.15) is 51.2 Å². The molecule has 0 amide bonds. The molecule has 1 heterocycles. The molecule has 1 N–H and O–H groups in total. The first-order chi connectivity index (χ1) is 8.27. The minimum absolute atomic E-state index is 0.637. The second-order valence-electron chi connectivity index (χ2n) is 5.72. The molecule has 0 radical (unpaired) electrons. The van der Waals surface area contributed by atoms with E-state index in [1.165, 1.54) is 31.4 Å². The average molecular weight is 235 g/mol. The maximum Gasteiger partial charge on any atom is 0.107 e. The molecule has 0 aliphatic heterocycles. The van der Waals surface area contributed by atoms with Gasteiger partial charge in [0.2, 0.25) is 0 Å². The topological polar surface area (TPSA) is 25.2 Å². The van der Waals surface area contributed by atoms with Gasteiger partial charge in [-0.25, -0.2) is 0 Å². The minimum atomic E-state index is 0.637. The Morgan fingerprint density at radius 3 is 2.88 bits per heavy atom. The molecule has 1 aliphatic rings. The lowest BCUT2D eigenvalue weighted by Crippen LogP contribution is -2.31. The van der Waals surface area contributed by atoms with Crippen LogP contribution in [-0.4, -0.2) is 13.1 Å². The number of nitrogens with one attached hydrogen (secondary N) is 1. The minimum Gasteiger partial charge on any atom is -0.469 e. The third-order valence-electron chi connectivity index (χ3n) is 3.78. The molecule has 0 spiro atoms. The van der Waals surface area contributed by atoms with Crippen molar-refractivity contribution in [3.63, 3.8) is 0 Å². The average Bonchev–Trinajstić information content (AvgIpc) is 2.82. The van der Waals surface area contributed by atoms with Crippen molar-refractivity contribution in [3.8, 4) is 0 Å². The number of rotatable bonds is 5. The van der Waals surface area contributed by atoms with E-state index >= 15 is 0 Å². The highest BCUT2D eigenvalue weighted by Gasteiger charge is 2.27. The summed E-state index contributed by atoms with van der Waals surface area (Å²) in [6.07, 6.45) is 7.18. The molecule has 0 aromatic carbocycles. The van der Waals surface area contributed by atoms with Crippen LogP contribution in [0.4, 0.5) is 0 Å². The molecule has 1 aromatic heterocycles. The van der Waals surface area contributed by atoms with Crippen molar-refractivity contribution in [3.05, 3.63) is 24.2 Å². The maximum absolute atomic E-state index is 5.60. The Morgan fingerprint density at radius 2 is 2.18 bits per heavy atom. The molecule has 2 atom stereocenters. The fraction of sp³-hybridized carbons (Fsp3) is 0.733. The first kappa shape index (κ1) is 12.7. The van der Waals surface area contributed by atoms with Crippen LogP contribution in [0.25, 0.3) is 0 Å². The van der Waals surface area contributed by atoms with Gasteiger partial charge in [0, 0.05) is 5.92 Å². The van der Waals surface area contributed by atoms with E-state index in [2.05, 4.69) is 25.2 Å². The SMILES string of the molecule is CC(C)CNCC1CCCCC1c1ccco1. The van der Waals surface area contributed by atoms with Crippen LogP contribution in [0.2, 0.25) is 0 Å². The molecule has 1 saturated carbocycles. The van der Waals surface area contributed by atoms with Crippen LogP contribution >= 0.6 is 0 Å². The number of hydrogen-bond acceptors (Lipinski definition) is 2. The predicted molar refractivity (Wildman–Crippen MR) is 71.1 cm³/mol. The van der Waals surface area contributed by atoms with Gasteiger partial charge in [-0.05, 0) is 49.9 Å². The molecule has 17 heavy (non-hydrogen) atoms. The van der Waals surface area contributed by atoms with Gasteiger partial charge in [-0.1, -0.05) is 26.7 Å². The highest BCUT2D eigenvalue weighted by Crippen LogP contribution is 2.37. The van der Waals surface area contributed by atoms with Crippen molar-refractivity contribution in [2.75, 3.05) is 13.1 Å². The second-order valence-corrected chi connectivity index (χ2v) is 5.72. The molecule has 1 fully saturated rings. The summed E-state index contributed by atoms with van der Waals surface area (Å²) in [5.74, 6) is 3.33. The number of hydrogen-bond donors (Lipinski definition) is 1. The molecule has 2 nitrogen and oxygen atoms in total. The van der Waals surface area contributed by atoms with Gasteiger partial charge in [0.05, 0.1) is 6.26 Å². The zero-order valence-corrected chi connectivity index (χ0v) is 11.1. The Labute approximate surface area is 105 Å². The Kier molecular flexibility index (Phi) is 4.66. The van der Waals surface area contributed by atoms with E-state index < -0.39 is 0 Å².